The topological polar surface area (TPSA) is 40.6 Å². The van der Waals surface area contributed by atoms with Gasteiger partial charge in [-0.3, -0.25) is 9.69 Å². The summed E-state index contributed by atoms with van der Waals surface area (Å²) in [6.07, 6.45) is 1.65. The van der Waals surface area contributed by atoms with E-state index in [-0.39, 0.29) is 5.70 Å². The number of urea groups is 1. The fourth-order valence-corrected chi connectivity index (χ4v) is 3.04. The monoisotopic (exact) mass is 378 g/mol. The summed E-state index contributed by atoms with van der Waals surface area (Å²) in [6, 6.07) is 11.4. The normalized spacial score (nSPS) is 16.4. The van der Waals surface area contributed by atoms with Crippen molar-refractivity contribution in [1.29, 1.82) is 0 Å². The number of carbonyl (C=O) groups excluding carboxylic acids is 2. The van der Waals surface area contributed by atoms with E-state index in [2.05, 4.69) is 12.6 Å². The summed E-state index contributed by atoms with van der Waals surface area (Å²) in [6.45, 7) is 0. The highest BCUT2D eigenvalue weighted by atomic mass is 35.5. The number of amides is 3. The first-order chi connectivity index (χ1) is 11.4. The van der Waals surface area contributed by atoms with Crippen LogP contribution in [0.2, 0.25) is 10.0 Å². The van der Waals surface area contributed by atoms with Crippen molar-refractivity contribution in [3.05, 3.63) is 63.8 Å². The molecule has 0 N–H and O–H groups in total. The first kappa shape index (κ1) is 16.9. The van der Waals surface area contributed by atoms with Gasteiger partial charge in [0.05, 0.1) is 5.69 Å². The summed E-state index contributed by atoms with van der Waals surface area (Å²) < 4.78 is 0. The molecule has 0 atom stereocenters. The molecule has 1 saturated heterocycles. The Bertz CT molecular complexity index is 845. The molecule has 24 heavy (non-hydrogen) atoms. The van der Waals surface area contributed by atoms with Gasteiger partial charge in [0.25, 0.3) is 5.91 Å². The molecule has 3 rings (SSSR count). The van der Waals surface area contributed by atoms with E-state index in [0.29, 0.717) is 15.7 Å². The fourth-order valence-electron chi connectivity index (χ4n) is 2.38. The van der Waals surface area contributed by atoms with Gasteiger partial charge < -0.3 is 0 Å². The van der Waals surface area contributed by atoms with E-state index < -0.39 is 11.9 Å². The van der Waals surface area contributed by atoms with Crippen molar-refractivity contribution in [2.45, 2.75) is 4.90 Å². The van der Waals surface area contributed by atoms with Crippen molar-refractivity contribution in [1.82, 2.24) is 4.90 Å². The zero-order chi connectivity index (χ0) is 17.4. The Balaban J connectivity index is 2.01. The zero-order valence-corrected chi connectivity index (χ0v) is 14.9. The molecule has 0 unspecified atom stereocenters. The van der Waals surface area contributed by atoms with Crippen LogP contribution in [0.15, 0.2) is 53.1 Å². The van der Waals surface area contributed by atoms with Crippen molar-refractivity contribution < 1.29 is 9.59 Å². The summed E-state index contributed by atoms with van der Waals surface area (Å²) >= 11 is 16.2. The number of likely N-dealkylation sites (N-methyl/N-ethyl adjacent to an activating group) is 1. The third-order valence-electron chi connectivity index (χ3n) is 3.56. The Morgan fingerprint density at radius 3 is 2.17 bits per heavy atom. The van der Waals surface area contributed by atoms with Crippen LogP contribution in [0.3, 0.4) is 0 Å². The SMILES string of the molecule is CN1C(=O)N(c2cc(Cl)cc(Cl)c2)C(=O)/C1=C\c1ccc(S)cc1. The molecule has 1 aliphatic heterocycles. The molecule has 2 aromatic rings. The molecule has 0 saturated carbocycles. The Labute approximate surface area is 154 Å². The van der Waals surface area contributed by atoms with Crippen LogP contribution in [-0.4, -0.2) is 23.9 Å². The first-order valence-electron chi connectivity index (χ1n) is 6.96. The van der Waals surface area contributed by atoms with Gasteiger partial charge in [-0.2, -0.15) is 0 Å². The lowest BCUT2D eigenvalue weighted by Gasteiger charge is -2.14. The lowest BCUT2D eigenvalue weighted by atomic mass is 10.2. The molecule has 0 radical (unpaired) electrons. The molecule has 7 heteroatoms. The number of hydrogen-bond acceptors (Lipinski definition) is 3. The Hall–Kier alpha value is -1.95. The van der Waals surface area contributed by atoms with Crippen LogP contribution < -0.4 is 4.90 Å². The molecular formula is C17H12Cl2N2O2S. The average molecular weight is 379 g/mol. The fraction of sp³-hybridized carbons (Fsp3) is 0.0588. The summed E-state index contributed by atoms with van der Waals surface area (Å²) in [7, 11) is 1.55. The number of hydrogen-bond donors (Lipinski definition) is 1. The number of imide groups is 1. The third kappa shape index (κ3) is 3.15. The van der Waals surface area contributed by atoms with Crippen molar-refractivity contribution in [2.75, 3.05) is 11.9 Å². The van der Waals surface area contributed by atoms with Gasteiger partial charge in [-0.25, -0.2) is 9.69 Å². The van der Waals surface area contributed by atoms with Crippen LogP contribution in [0, 0.1) is 0 Å². The molecule has 122 valence electrons. The van der Waals surface area contributed by atoms with Gasteiger partial charge in [0.1, 0.15) is 5.70 Å². The number of halogens is 2. The second-order valence-electron chi connectivity index (χ2n) is 5.23. The number of benzene rings is 2. The van der Waals surface area contributed by atoms with Gasteiger partial charge in [0.2, 0.25) is 0 Å². The molecule has 0 aliphatic carbocycles. The van der Waals surface area contributed by atoms with Crippen molar-refractivity contribution in [3.63, 3.8) is 0 Å². The van der Waals surface area contributed by atoms with Crippen molar-refractivity contribution in [2.24, 2.45) is 0 Å². The summed E-state index contributed by atoms with van der Waals surface area (Å²) in [4.78, 5) is 28.4. The van der Waals surface area contributed by atoms with E-state index >= 15 is 0 Å². The summed E-state index contributed by atoms with van der Waals surface area (Å²) in [5.74, 6) is -0.434. The first-order valence-corrected chi connectivity index (χ1v) is 8.16. The highest BCUT2D eigenvalue weighted by Crippen LogP contribution is 2.31. The number of anilines is 1. The maximum atomic E-state index is 12.7. The van der Waals surface area contributed by atoms with Gasteiger partial charge in [0.15, 0.2) is 0 Å². The van der Waals surface area contributed by atoms with Crippen LogP contribution in [0.1, 0.15) is 5.56 Å². The van der Waals surface area contributed by atoms with E-state index in [1.807, 2.05) is 24.3 Å². The third-order valence-corrected chi connectivity index (χ3v) is 4.30. The Kier molecular flexibility index (Phi) is 4.58. The molecule has 1 fully saturated rings. The van der Waals surface area contributed by atoms with Gasteiger partial charge in [-0.1, -0.05) is 35.3 Å². The lowest BCUT2D eigenvalue weighted by molar-refractivity contribution is -0.114. The maximum Gasteiger partial charge on any atom is 0.336 e. The van der Waals surface area contributed by atoms with Gasteiger partial charge in [-0.15, -0.1) is 12.6 Å². The highest BCUT2D eigenvalue weighted by Gasteiger charge is 2.40. The molecule has 0 spiro atoms. The van der Waals surface area contributed by atoms with Crippen LogP contribution in [0.25, 0.3) is 6.08 Å². The number of nitrogens with zero attached hydrogens (tertiary/aromatic N) is 2. The predicted octanol–water partition coefficient (Wildman–Crippen LogP) is 4.72. The maximum absolute atomic E-state index is 12.7. The molecule has 3 amide bonds. The smallest absolute Gasteiger partial charge is 0.292 e. The predicted molar refractivity (Wildman–Crippen MR) is 98.8 cm³/mol. The highest BCUT2D eigenvalue weighted by molar-refractivity contribution is 7.80. The largest absolute Gasteiger partial charge is 0.336 e. The minimum absolute atomic E-state index is 0.267. The lowest BCUT2D eigenvalue weighted by Crippen LogP contribution is -2.31. The van der Waals surface area contributed by atoms with Crippen molar-refractivity contribution in [3.8, 4) is 0 Å². The van der Waals surface area contributed by atoms with Gasteiger partial charge in [0, 0.05) is 22.0 Å². The Morgan fingerprint density at radius 2 is 1.58 bits per heavy atom. The molecule has 1 heterocycles. The van der Waals surface area contributed by atoms with Crippen LogP contribution in [0.4, 0.5) is 10.5 Å². The van der Waals surface area contributed by atoms with Gasteiger partial charge >= 0.3 is 6.03 Å². The molecule has 0 bridgehead atoms. The number of thiol groups is 1. The number of rotatable bonds is 2. The minimum atomic E-state index is -0.463. The van der Waals surface area contributed by atoms with Crippen molar-refractivity contribution >= 4 is 59.5 Å². The molecular weight excluding hydrogens is 367 g/mol. The van der Waals surface area contributed by atoms with E-state index in [1.54, 1.807) is 13.1 Å². The second-order valence-corrected chi connectivity index (χ2v) is 6.62. The zero-order valence-electron chi connectivity index (χ0n) is 12.5. The molecule has 2 aromatic carbocycles. The van der Waals surface area contributed by atoms with Gasteiger partial charge in [-0.05, 0) is 42.0 Å². The van der Waals surface area contributed by atoms with Crippen LogP contribution >= 0.6 is 35.8 Å². The van der Waals surface area contributed by atoms with Crippen LogP contribution in [-0.2, 0) is 4.79 Å². The second kappa shape index (κ2) is 6.51. The number of carbonyl (C=O) groups is 2. The van der Waals surface area contributed by atoms with Crippen LogP contribution in [0.5, 0.6) is 0 Å². The summed E-state index contributed by atoms with van der Waals surface area (Å²) in [5, 5.41) is 0.699. The van der Waals surface area contributed by atoms with E-state index in [4.69, 9.17) is 23.2 Å². The quantitative estimate of drug-likeness (QED) is 0.466. The van der Waals surface area contributed by atoms with E-state index in [0.717, 1.165) is 15.4 Å². The average Bonchev–Trinajstić information content (AvgIpc) is 2.72. The standard InChI is InChI=1S/C17H12Cl2N2O2S/c1-20-15(6-10-2-4-14(24)5-3-10)16(22)21(17(20)23)13-8-11(18)7-12(19)9-13/h2-9,24H,1H3/b15-6+. The molecule has 0 aromatic heterocycles. The Morgan fingerprint density at radius 1 is 1.00 bits per heavy atom. The summed E-state index contributed by atoms with van der Waals surface area (Å²) in [5.41, 5.74) is 1.40. The van der Waals surface area contributed by atoms with E-state index in [9.17, 15) is 9.59 Å². The minimum Gasteiger partial charge on any atom is -0.292 e. The van der Waals surface area contributed by atoms with E-state index in [1.165, 1.54) is 23.1 Å². The molecule has 4 nitrogen and oxygen atoms in total. The molecule has 1 aliphatic rings.